The molecule has 1 fully saturated rings. The Morgan fingerprint density at radius 1 is 1.33 bits per heavy atom. The first kappa shape index (κ1) is 13.4. The van der Waals surface area contributed by atoms with E-state index in [0.717, 1.165) is 18.4 Å². The van der Waals surface area contributed by atoms with Gasteiger partial charge in [-0.05, 0) is 24.7 Å². The molecule has 18 heavy (non-hydrogen) atoms. The van der Waals surface area contributed by atoms with Crippen LogP contribution < -0.4 is 10.1 Å². The predicted octanol–water partition coefficient (Wildman–Crippen LogP) is 3.38. The summed E-state index contributed by atoms with van der Waals surface area (Å²) < 4.78 is 5.21. The van der Waals surface area contributed by atoms with E-state index in [9.17, 15) is 0 Å². The SMILES string of the molecule is COc1c(Cl)ncnc1NCC1CCC(C)CC1. The molecule has 1 aliphatic rings. The van der Waals surface area contributed by atoms with Gasteiger partial charge in [0.2, 0.25) is 0 Å². The van der Waals surface area contributed by atoms with Crippen LogP contribution in [-0.4, -0.2) is 23.6 Å². The van der Waals surface area contributed by atoms with Gasteiger partial charge in [0.1, 0.15) is 6.33 Å². The lowest BCUT2D eigenvalue weighted by Gasteiger charge is -2.26. The van der Waals surface area contributed by atoms with Crippen molar-refractivity contribution in [1.82, 2.24) is 9.97 Å². The second-order valence-corrected chi connectivity index (χ2v) is 5.41. The van der Waals surface area contributed by atoms with Crippen molar-refractivity contribution in [3.63, 3.8) is 0 Å². The van der Waals surface area contributed by atoms with Crippen molar-refractivity contribution < 1.29 is 4.74 Å². The van der Waals surface area contributed by atoms with Gasteiger partial charge in [0, 0.05) is 6.54 Å². The van der Waals surface area contributed by atoms with E-state index < -0.39 is 0 Å². The molecular weight excluding hydrogens is 250 g/mol. The third-order valence-corrected chi connectivity index (χ3v) is 3.93. The summed E-state index contributed by atoms with van der Waals surface area (Å²) in [5.41, 5.74) is 0. The van der Waals surface area contributed by atoms with Crippen LogP contribution in [0.3, 0.4) is 0 Å². The molecule has 0 bridgehead atoms. The first-order valence-corrected chi connectivity index (χ1v) is 6.87. The minimum Gasteiger partial charge on any atom is -0.490 e. The molecule has 2 rings (SSSR count). The normalized spacial score (nSPS) is 23.7. The molecule has 0 radical (unpaired) electrons. The van der Waals surface area contributed by atoms with Gasteiger partial charge < -0.3 is 10.1 Å². The number of hydrogen-bond donors (Lipinski definition) is 1. The van der Waals surface area contributed by atoms with Crippen molar-refractivity contribution in [2.24, 2.45) is 11.8 Å². The number of aromatic nitrogens is 2. The Morgan fingerprint density at radius 2 is 2.06 bits per heavy atom. The van der Waals surface area contributed by atoms with Gasteiger partial charge in [0.15, 0.2) is 16.7 Å². The summed E-state index contributed by atoms with van der Waals surface area (Å²) in [5, 5.41) is 3.68. The van der Waals surface area contributed by atoms with E-state index in [2.05, 4.69) is 22.2 Å². The Balaban J connectivity index is 1.92. The molecule has 0 unspecified atom stereocenters. The zero-order chi connectivity index (χ0) is 13.0. The predicted molar refractivity (Wildman–Crippen MR) is 73.2 cm³/mol. The number of ether oxygens (including phenoxy) is 1. The van der Waals surface area contributed by atoms with Crippen LogP contribution in [0.2, 0.25) is 5.15 Å². The quantitative estimate of drug-likeness (QED) is 0.852. The third kappa shape index (κ3) is 3.25. The lowest BCUT2D eigenvalue weighted by molar-refractivity contribution is 0.300. The molecule has 0 amide bonds. The molecule has 1 aromatic rings. The maximum atomic E-state index is 5.95. The summed E-state index contributed by atoms with van der Waals surface area (Å²) in [5.74, 6) is 2.82. The van der Waals surface area contributed by atoms with E-state index in [1.807, 2.05) is 0 Å². The fourth-order valence-electron chi connectivity index (χ4n) is 2.43. The average molecular weight is 270 g/mol. The molecule has 1 saturated carbocycles. The van der Waals surface area contributed by atoms with E-state index in [4.69, 9.17) is 16.3 Å². The topological polar surface area (TPSA) is 47.0 Å². The molecule has 0 aliphatic heterocycles. The van der Waals surface area contributed by atoms with Crippen molar-refractivity contribution in [2.75, 3.05) is 19.0 Å². The maximum Gasteiger partial charge on any atom is 0.198 e. The van der Waals surface area contributed by atoms with Gasteiger partial charge in [0.25, 0.3) is 0 Å². The summed E-state index contributed by atoms with van der Waals surface area (Å²) >= 11 is 5.95. The zero-order valence-corrected chi connectivity index (χ0v) is 11.7. The van der Waals surface area contributed by atoms with Crippen molar-refractivity contribution in [2.45, 2.75) is 32.6 Å². The minimum absolute atomic E-state index is 0.354. The first-order valence-electron chi connectivity index (χ1n) is 6.49. The van der Waals surface area contributed by atoms with Crippen molar-refractivity contribution in [3.8, 4) is 5.75 Å². The maximum absolute atomic E-state index is 5.95. The summed E-state index contributed by atoms with van der Waals surface area (Å²) in [6.45, 7) is 3.26. The highest BCUT2D eigenvalue weighted by atomic mass is 35.5. The average Bonchev–Trinajstić information content (AvgIpc) is 2.38. The van der Waals surface area contributed by atoms with Crippen LogP contribution in [0.25, 0.3) is 0 Å². The summed E-state index contributed by atoms with van der Waals surface area (Å²) in [7, 11) is 1.58. The number of halogens is 1. The van der Waals surface area contributed by atoms with Gasteiger partial charge in [-0.3, -0.25) is 0 Å². The van der Waals surface area contributed by atoms with E-state index in [1.54, 1.807) is 7.11 Å². The second-order valence-electron chi connectivity index (χ2n) is 5.05. The lowest BCUT2D eigenvalue weighted by atomic mass is 9.83. The number of rotatable bonds is 4. The van der Waals surface area contributed by atoms with Gasteiger partial charge in [-0.15, -0.1) is 0 Å². The van der Waals surface area contributed by atoms with Gasteiger partial charge in [-0.25, -0.2) is 9.97 Å². The van der Waals surface area contributed by atoms with Crippen LogP contribution in [0.1, 0.15) is 32.6 Å². The Morgan fingerprint density at radius 3 is 2.72 bits per heavy atom. The van der Waals surface area contributed by atoms with Crippen LogP contribution in [0.5, 0.6) is 5.75 Å². The smallest absolute Gasteiger partial charge is 0.198 e. The number of anilines is 1. The number of nitrogens with zero attached hydrogens (tertiary/aromatic N) is 2. The highest BCUT2D eigenvalue weighted by molar-refractivity contribution is 6.31. The van der Waals surface area contributed by atoms with Crippen molar-refractivity contribution in [1.29, 1.82) is 0 Å². The van der Waals surface area contributed by atoms with Crippen LogP contribution in [0.15, 0.2) is 6.33 Å². The zero-order valence-electron chi connectivity index (χ0n) is 10.9. The number of hydrogen-bond acceptors (Lipinski definition) is 4. The molecule has 1 aliphatic carbocycles. The first-order chi connectivity index (χ1) is 8.70. The van der Waals surface area contributed by atoms with Gasteiger partial charge in [-0.2, -0.15) is 0 Å². The Bertz CT molecular complexity index is 392. The van der Waals surface area contributed by atoms with Gasteiger partial charge in [0.05, 0.1) is 7.11 Å². The third-order valence-electron chi connectivity index (χ3n) is 3.66. The Kier molecular flexibility index (Phi) is 4.64. The second kappa shape index (κ2) is 6.23. The fraction of sp³-hybridized carbons (Fsp3) is 0.692. The Labute approximate surface area is 113 Å². The molecule has 4 nitrogen and oxygen atoms in total. The monoisotopic (exact) mass is 269 g/mol. The van der Waals surface area contributed by atoms with Crippen LogP contribution in [0, 0.1) is 11.8 Å². The summed E-state index contributed by atoms with van der Waals surface area (Å²) in [4.78, 5) is 8.08. The molecule has 5 heteroatoms. The summed E-state index contributed by atoms with van der Waals surface area (Å²) in [6, 6.07) is 0. The number of nitrogens with one attached hydrogen (secondary N) is 1. The fourth-order valence-corrected chi connectivity index (χ4v) is 2.64. The molecule has 1 heterocycles. The molecular formula is C13H20ClN3O. The van der Waals surface area contributed by atoms with Gasteiger partial charge in [-0.1, -0.05) is 31.4 Å². The Hall–Kier alpha value is -1.03. The van der Waals surface area contributed by atoms with Crippen LogP contribution in [-0.2, 0) is 0 Å². The van der Waals surface area contributed by atoms with Crippen LogP contribution >= 0.6 is 11.6 Å². The van der Waals surface area contributed by atoms with Crippen LogP contribution in [0.4, 0.5) is 5.82 Å². The summed E-state index contributed by atoms with van der Waals surface area (Å²) in [6.07, 6.45) is 6.68. The van der Waals surface area contributed by atoms with E-state index >= 15 is 0 Å². The van der Waals surface area contributed by atoms with E-state index in [1.165, 1.54) is 32.0 Å². The minimum atomic E-state index is 0.354. The van der Waals surface area contributed by atoms with E-state index in [0.29, 0.717) is 16.7 Å². The highest BCUT2D eigenvalue weighted by Gasteiger charge is 2.19. The molecule has 100 valence electrons. The van der Waals surface area contributed by atoms with E-state index in [-0.39, 0.29) is 0 Å². The van der Waals surface area contributed by atoms with Crippen molar-refractivity contribution in [3.05, 3.63) is 11.5 Å². The highest BCUT2D eigenvalue weighted by Crippen LogP contribution is 2.31. The molecule has 1 aromatic heterocycles. The molecule has 0 aromatic carbocycles. The molecule has 0 saturated heterocycles. The largest absolute Gasteiger partial charge is 0.490 e. The number of methoxy groups -OCH3 is 1. The molecule has 1 N–H and O–H groups in total. The standard InChI is InChI=1S/C13H20ClN3O/c1-9-3-5-10(6-4-9)7-15-13-11(18-2)12(14)16-8-17-13/h8-10H,3-7H2,1-2H3,(H,15,16,17). The van der Waals surface area contributed by atoms with Gasteiger partial charge >= 0.3 is 0 Å². The lowest BCUT2D eigenvalue weighted by Crippen LogP contribution is -2.20. The molecule has 0 spiro atoms. The van der Waals surface area contributed by atoms with Crippen molar-refractivity contribution >= 4 is 17.4 Å². The molecule has 0 atom stereocenters.